The maximum absolute atomic E-state index is 3.63. The largest absolute Gasteiger partial charge is 0.0985 e. The minimum atomic E-state index is 1.17. The lowest BCUT2D eigenvalue weighted by Crippen LogP contribution is -1.83. The summed E-state index contributed by atoms with van der Waals surface area (Å²) in [5.74, 6) is 0. The smallest absolute Gasteiger partial charge is 0.0193 e. The van der Waals surface area contributed by atoms with Crippen LogP contribution in [-0.2, 0) is 6.42 Å². The molecule has 0 atom stereocenters. The van der Waals surface area contributed by atoms with Gasteiger partial charge in [-0.05, 0) is 60.8 Å². The zero-order valence-corrected chi connectivity index (χ0v) is 13.2. The Kier molecular flexibility index (Phi) is 4.90. The van der Waals surface area contributed by atoms with E-state index < -0.39 is 0 Å². The Bertz CT molecular complexity index is 653. The molecule has 1 fully saturated rings. The minimum absolute atomic E-state index is 1.17. The monoisotopic (exact) mass is 288 g/mol. The minimum Gasteiger partial charge on any atom is -0.0985 e. The molecule has 2 aromatic rings. The fraction of sp³-hybridized carbons (Fsp3) is 0.273. The van der Waals surface area contributed by atoms with Crippen LogP contribution < -0.4 is 0 Å². The number of hydrogen-bond acceptors (Lipinski definition) is 0. The Balaban J connectivity index is 0.000000154. The van der Waals surface area contributed by atoms with Crippen LogP contribution in [0.15, 0.2) is 66.7 Å². The topological polar surface area (TPSA) is 0 Å². The van der Waals surface area contributed by atoms with E-state index in [1.807, 2.05) is 36.4 Å². The van der Waals surface area contributed by atoms with Crippen LogP contribution >= 0.6 is 0 Å². The van der Waals surface area contributed by atoms with Crippen molar-refractivity contribution < 1.29 is 0 Å². The number of allylic oxidation sites excluding steroid dienone is 2. The fourth-order valence-electron chi connectivity index (χ4n) is 3.49. The average Bonchev–Trinajstić information content (AvgIpc) is 3.25. The van der Waals surface area contributed by atoms with Crippen molar-refractivity contribution in [3.8, 4) is 0 Å². The first kappa shape index (κ1) is 14.8. The maximum Gasteiger partial charge on any atom is -0.0193 e. The molecule has 2 aromatic carbocycles. The van der Waals surface area contributed by atoms with Crippen molar-refractivity contribution in [2.24, 2.45) is 0 Å². The van der Waals surface area contributed by atoms with Gasteiger partial charge in [-0.25, -0.2) is 0 Å². The molecule has 0 N–H and O–H groups in total. The molecule has 0 radical (unpaired) electrons. The Hall–Kier alpha value is -2.08. The predicted octanol–water partition coefficient (Wildman–Crippen LogP) is 6.29. The van der Waals surface area contributed by atoms with E-state index in [1.54, 1.807) is 22.3 Å². The lowest BCUT2D eigenvalue weighted by Gasteiger charge is -2.05. The second-order valence-electron chi connectivity index (χ2n) is 6.06. The molecule has 4 rings (SSSR count). The summed E-state index contributed by atoms with van der Waals surface area (Å²) >= 11 is 0. The lowest BCUT2D eigenvalue weighted by molar-refractivity contribution is 0.886. The molecular weight excluding hydrogens is 264 g/mol. The van der Waals surface area contributed by atoms with Gasteiger partial charge in [-0.15, -0.1) is 0 Å². The predicted molar refractivity (Wildman–Crippen MR) is 96.7 cm³/mol. The standard InChI is InChI=1S/C14H16.C8H8/c1-2-6-11(5-1)14-10-9-12-7-3-4-8-13(12)14;1-2-8-6-4-3-5-7-8/h3-4,7-8H,1-2,5-6,9-10H2;2-7H,1H2. The van der Waals surface area contributed by atoms with Crippen molar-refractivity contribution in [3.05, 3.63) is 83.4 Å². The van der Waals surface area contributed by atoms with Crippen LogP contribution in [0.25, 0.3) is 11.6 Å². The molecule has 2 aliphatic carbocycles. The van der Waals surface area contributed by atoms with Gasteiger partial charge in [-0.3, -0.25) is 0 Å². The van der Waals surface area contributed by atoms with Gasteiger partial charge in [-0.1, -0.05) is 72.8 Å². The summed E-state index contributed by atoms with van der Waals surface area (Å²) in [7, 11) is 0. The highest BCUT2D eigenvalue weighted by Gasteiger charge is 2.20. The number of benzene rings is 2. The molecule has 0 heterocycles. The zero-order valence-electron chi connectivity index (χ0n) is 13.2. The fourth-order valence-corrected chi connectivity index (χ4v) is 3.49. The molecule has 0 aromatic heterocycles. The van der Waals surface area contributed by atoms with Gasteiger partial charge < -0.3 is 0 Å². The molecule has 2 aliphatic rings. The van der Waals surface area contributed by atoms with Crippen molar-refractivity contribution in [1.29, 1.82) is 0 Å². The van der Waals surface area contributed by atoms with Crippen molar-refractivity contribution in [1.82, 2.24) is 0 Å². The van der Waals surface area contributed by atoms with Crippen LogP contribution in [0.3, 0.4) is 0 Å². The second-order valence-corrected chi connectivity index (χ2v) is 6.06. The first-order chi connectivity index (χ1) is 10.9. The summed E-state index contributed by atoms with van der Waals surface area (Å²) in [4.78, 5) is 0. The highest BCUT2D eigenvalue weighted by Crippen LogP contribution is 2.39. The highest BCUT2D eigenvalue weighted by atomic mass is 14.2. The van der Waals surface area contributed by atoms with Gasteiger partial charge in [0.05, 0.1) is 0 Å². The van der Waals surface area contributed by atoms with Crippen LogP contribution in [0.2, 0.25) is 0 Å². The molecule has 0 aliphatic heterocycles. The van der Waals surface area contributed by atoms with Crippen molar-refractivity contribution in [3.63, 3.8) is 0 Å². The first-order valence-electron chi connectivity index (χ1n) is 8.35. The third kappa shape index (κ3) is 3.39. The quantitative estimate of drug-likeness (QED) is 0.578. The number of hydrogen-bond donors (Lipinski definition) is 0. The summed E-state index contributed by atoms with van der Waals surface area (Å²) < 4.78 is 0. The van der Waals surface area contributed by atoms with Crippen molar-refractivity contribution in [2.75, 3.05) is 0 Å². The van der Waals surface area contributed by atoms with E-state index in [1.165, 1.54) is 44.1 Å². The van der Waals surface area contributed by atoms with E-state index in [0.29, 0.717) is 0 Å². The number of rotatable bonds is 1. The van der Waals surface area contributed by atoms with E-state index in [4.69, 9.17) is 0 Å². The molecule has 112 valence electrons. The SMILES string of the molecule is C=Cc1ccccc1.c1ccc2c(c1)CCC2=C1CCCC1. The molecule has 22 heavy (non-hydrogen) atoms. The van der Waals surface area contributed by atoms with Gasteiger partial charge in [0, 0.05) is 0 Å². The molecule has 0 nitrogen and oxygen atoms in total. The van der Waals surface area contributed by atoms with Crippen LogP contribution in [0.4, 0.5) is 0 Å². The number of aryl methyl sites for hydroxylation is 1. The van der Waals surface area contributed by atoms with Crippen LogP contribution in [-0.4, -0.2) is 0 Å². The van der Waals surface area contributed by atoms with Gasteiger partial charge in [0.25, 0.3) is 0 Å². The normalized spacial score (nSPS) is 16.0. The molecule has 0 saturated heterocycles. The van der Waals surface area contributed by atoms with Crippen molar-refractivity contribution in [2.45, 2.75) is 38.5 Å². The highest BCUT2D eigenvalue weighted by molar-refractivity contribution is 5.75. The summed E-state index contributed by atoms with van der Waals surface area (Å²) in [6.07, 6.45) is 9.97. The summed E-state index contributed by atoms with van der Waals surface area (Å²) in [5.41, 5.74) is 7.76. The Morgan fingerprint density at radius 2 is 1.41 bits per heavy atom. The maximum atomic E-state index is 3.63. The third-order valence-corrected chi connectivity index (χ3v) is 4.66. The average molecular weight is 288 g/mol. The molecule has 0 amide bonds. The van der Waals surface area contributed by atoms with Crippen LogP contribution in [0.1, 0.15) is 48.8 Å². The third-order valence-electron chi connectivity index (χ3n) is 4.66. The van der Waals surface area contributed by atoms with E-state index in [-0.39, 0.29) is 0 Å². The number of fused-ring (bicyclic) bond motifs is 1. The lowest BCUT2D eigenvalue weighted by atomic mass is 10.0. The van der Waals surface area contributed by atoms with Crippen molar-refractivity contribution >= 4 is 11.6 Å². The first-order valence-corrected chi connectivity index (χ1v) is 8.35. The van der Waals surface area contributed by atoms with Gasteiger partial charge >= 0.3 is 0 Å². The van der Waals surface area contributed by atoms with E-state index in [2.05, 4.69) is 30.8 Å². The molecule has 0 heteroatoms. The zero-order chi connectivity index (χ0) is 15.2. The molecular formula is C22H24. The van der Waals surface area contributed by atoms with E-state index >= 15 is 0 Å². The van der Waals surface area contributed by atoms with Crippen LogP contribution in [0, 0.1) is 0 Å². The van der Waals surface area contributed by atoms with Crippen LogP contribution in [0.5, 0.6) is 0 Å². The molecule has 0 bridgehead atoms. The van der Waals surface area contributed by atoms with E-state index in [9.17, 15) is 0 Å². The summed E-state index contributed by atoms with van der Waals surface area (Å²) in [5, 5.41) is 0. The van der Waals surface area contributed by atoms with Gasteiger partial charge in [-0.2, -0.15) is 0 Å². The molecule has 1 saturated carbocycles. The Morgan fingerprint density at radius 3 is 2.09 bits per heavy atom. The van der Waals surface area contributed by atoms with Gasteiger partial charge in [0.2, 0.25) is 0 Å². The Morgan fingerprint density at radius 1 is 0.727 bits per heavy atom. The second kappa shape index (κ2) is 7.26. The molecule has 0 unspecified atom stereocenters. The summed E-state index contributed by atoms with van der Waals surface area (Å²) in [6.45, 7) is 3.63. The van der Waals surface area contributed by atoms with Gasteiger partial charge in [0.15, 0.2) is 0 Å². The Labute approximate surface area is 134 Å². The molecule has 0 spiro atoms. The van der Waals surface area contributed by atoms with E-state index in [0.717, 1.165) is 0 Å². The summed E-state index contributed by atoms with van der Waals surface area (Å²) in [6, 6.07) is 19.0. The van der Waals surface area contributed by atoms with Gasteiger partial charge in [0.1, 0.15) is 0 Å².